The lowest BCUT2D eigenvalue weighted by molar-refractivity contribution is -0.364. The summed E-state index contributed by atoms with van der Waals surface area (Å²) in [5.74, 6) is 0.445. The summed E-state index contributed by atoms with van der Waals surface area (Å²) < 4.78 is 37.1. The van der Waals surface area contributed by atoms with E-state index < -0.39 is 11.4 Å². The Kier molecular flexibility index (Phi) is 7.46. The van der Waals surface area contributed by atoms with Crippen molar-refractivity contribution in [3.05, 3.63) is 29.8 Å². The molecule has 2 bridgehead atoms. The third kappa shape index (κ3) is 5.41. The lowest BCUT2D eigenvalue weighted by atomic mass is 9.90. The van der Waals surface area contributed by atoms with Crippen LogP contribution in [-0.2, 0) is 30.3 Å². The molecule has 4 aliphatic heterocycles. The summed E-state index contributed by atoms with van der Waals surface area (Å²) in [5, 5.41) is 10.2. The molecule has 4 saturated heterocycles. The van der Waals surface area contributed by atoms with E-state index in [0.717, 1.165) is 62.9 Å². The van der Waals surface area contributed by atoms with Crippen LogP contribution in [0.5, 0.6) is 5.75 Å². The molecule has 4 heterocycles. The number of ether oxygens (including phenoxy) is 6. The van der Waals surface area contributed by atoms with Crippen LogP contribution in [0.3, 0.4) is 0 Å². The summed E-state index contributed by atoms with van der Waals surface area (Å²) in [6, 6.07) is 8.00. The average molecular weight is 491 g/mol. The number of hydrogen-bond donors (Lipinski definition) is 1. The molecule has 196 valence electrons. The van der Waals surface area contributed by atoms with Gasteiger partial charge in [0.15, 0.2) is 5.79 Å². The Bertz CT molecular complexity index is 840. The minimum atomic E-state index is -0.774. The molecular formula is C28H42O7. The zero-order valence-electron chi connectivity index (χ0n) is 21.5. The van der Waals surface area contributed by atoms with Gasteiger partial charge in [0.2, 0.25) is 0 Å². The Balaban J connectivity index is 1.15. The van der Waals surface area contributed by atoms with E-state index in [0.29, 0.717) is 25.6 Å². The highest BCUT2D eigenvalue weighted by Gasteiger charge is 2.63. The molecule has 1 aromatic carbocycles. The number of hydrogen-bond acceptors (Lipinski definition) is 7. The highest BCUT2D eigenvalue weighted by atomic mass is 16.8. The minimum absolute atomic E-state index is 0.0217. The van der Waals surface area contributed by atoms with Crippen molar-refractivity contribution < 1.29 is 33.5 Å². The van der Waals surface area contributed by atoms with Gasteiger partial charge in [-0.05, 0) is 69.1 Å². The van der Waals surface area contributed by atoms with E-state index in [9.17, 15) is 5.11 Å². The highest BCUT2D eigenvalue weighted by molar-refractivity contribution is 5.26. The SMILES string of the molecule is COc1ccc(COC[C@H](C)C[C@@]2(C)CC[C@H]([C@@]34CC[C@](CO)(C[C@H]([C@@H]5CCCO5)O3)O4)O2)cc1. The fraction of sp³-hybridized carbons (Fsp3) is 0.786. The van der Waals surface area contributed by atoms with Crippen LogP contribution < -0.4 is 4.74 Å². The van der Waals surface area contributed by atoms with Gasteiger partial charge in [-0.15, -0.1) is 0 Å². The molecule has 1 N–H and O–H groups in total. The summed E-state index contributed by atoms with van der Waals surface area (Å²) in [5.41, 5.74) is 0.373. The smallest absolute Gasteiger partial charge is 0.195 e. The van der Waals surface area contributed by atoms with Gasteiger partial charge in [0, 0.05) is 26.1 Å². The number of aliphatic hydroxyl groups is 1. The molecule has 0 saturated carbocycles. The van der Waals surface area contributed by atoms with Gasteiger partial charge < -0.3 is 33.5 Å². The van der Waals surface area contributed by atoms with Crippen LogP contribution in [-0.4, -0.2) is 67.3 Å². The highest BCUT2D eigenvalue weighted by Crippen LogP contribution is 2.54. The predicted molar refractivity (Wildman–Crippen MR) is 130 cm³/mol. The molecule has 0 amide bonds. The first kappa shape index (κ1) is 25.4. The Labute approximate surface area is 209 Å². The molecule has 0 aromatic heterocycles. The maximum absolute atomic E-state index is 10.2. The molecule has 0 aliphatic carbocycles. The molecule has 0 radical (unpaired) electrons. The first-order chi connectivity index (χ1) is 16.9. The Morgan fingerprint density at radius 2 is 1.91 bits per heavy atom. The number of aliphatic hydroxyl groups excluding tert-OH is 1. The van der Waals surface area contributed by atoms with Gasteiger partial charge in [-0.3, -0.25) is 0 Å². The number of benzene rings is 1. The maximum atomic E-state index is 10.2. The topological polar surface area (TPSA) is 75.6 Å². The van der Waals surface area contributed by atoms with Crippen molar-refractivity contribution in [1.29, 1.82) is 0 Å². The van der Waals surface area contributed by atoms with E-state index in [1.165, 1.54) is 0 Å². The molecule has 35 heavy (non-hydrogen) atoms. The van der Waals surface area contributed by atoms with Crippen LogP contribution >= 0.6 is 0 Å². The second-order valence-electron chi connectivity index (χ2n) is 11.4. The summed E-state index contributed by atoms with van der Waals surface area (Å²) in [6.07, 6.45) is 7.06. The lowest BCUT2D eigenvalue weighted by Crippen LogP contribution is -2.58. The first-order valence-electron chi connectivity index (χ1n) is 13.4. The molecule has 5 rings (SSSR count). The van der Waals surface area contributed by atoms with E-state index in [1.807, 2.05) is 24.3 Å². The third-order valence-electron chi connectivity index (χ3n) is 8.37. The van der Waals surface area contributed by atoms with Gasteiger partial charge in [0.25, 0.3) is 0 Å². The summed E-state index contributed by atoms with van der Waals surface area (Å²) in [6.45, 7) is 6.52. The molecule has 7 heteroatoms. The molecule has 7 nitrogen and oxygen atoms in total. The monoisotopic (exact) mass is 490 g/mol. The normalized spacial score (nSPS) is 39.7. The summed E-state index contributed by atoms with van der Waals surface area (Å²) in [7, 11) is 1.67. The second-order valence-corrected chi connectivity index (χ2v) is 11.4. The lowest BCUT2D eigenvalue weighted by Gasteiger charge is -2.47. The Morgan fingerprint density at radius 1 is 1.09 bits per heavy atom. The quantitative estimate of drug-likeness (QED) is 0.522. The van der Waals surface area contributed by atoms with Crippen LogP contribution in [0, 0.1) is 5.92 Å². The van der Waals surface area contributed by atoms with Gasteiger partial charge in [0.1, 0.15) is 11.9 Å². The number of fused-ring (bicyclic) bond motifs is 2. The zero-order chi connectivity index (χ0) is 24.5. The van der Waals surface area contributed by atoms with Crippen molar-refractivity contribution in [3.8, 4) is 5.75 Å². The predicted octanol–water partition coefficient (Wildman–Crippen LogP) is 4.38. The Morgan fingerprint density at radius 3 is 2.63 bits per heavy atom. The second kappa shape index (κ2) is 10.3. The van der Waals surface area contributed by atoms with E-state index in [2.05, 4.69) is 13.8 Å². The van der Waals surface area contributed by atoms with Gasteiger partial charge in [-0.25, -0.2) is 0 Å². The van der Waals surface area contributed by atoms with Gasteiger partial charge in [0.05, 0.1) is 43.7 Å². The average Bonchev–Trinajstić information content (AvgIpc) is 3.59. The van der Waals surface area contributed by atoms with E-state index in [1.54, 1.807) is 7.11 Å². The van der Waals surface area contributed by atoms with Crippen LogP contribution in [0.25, 0.3) is 0 Å². The largest absolute Gasteiger partial charge is 0.497 e. The van der Waals surface area contributed by atoms with Crippen LogP contribution in [0.4, 0.5) is 0 Å². The zero-order valence-corrected chi connectivity index (χ0v) is 21.5. The number of rotatable bonds is 10. The van der Waals surface area contributed by atoms with Gasteiger partial charge in [-0.1, -0.05) is 19.1 Å². The van der Waals surface area contributed by atoms with E-state index in [4.69, 9.17) is 28.4 Å². The van der Waals surface area contributed by atoms with Crippen LogP contribution in [0.15, 0.2) is 24.3 Å². The Hall–Kier alpha value is -1.22. The maximum Gasteiger partial charge on any atom is 0.195 e. The van der Waals surface area contributed by atoms with Crippen molar-refractivity contribution in [3.63, 3.8) is 0 Å². The van der Waals surface area contributed by atoms with E-state index in [-0.39, 0.29) is 30.5 Å². The van der Waals surface area contributed by atoms with Gasteiger partial charge >= 0.3 is 0 Å². The molecular weight excluding hydrogens is 448 g/mol. The van der Waals surface area contributed by atoms with Crippen LogP contribution in [0.1, 0.15) is 70.8 Å². The van der Waals surface area contributed by atoms with Crippen molar-refractivity contribution in [1.82, 2.24) is 0 Å². The molecule has 0 unspecified atom stereocenters. The summed E-state index contributed by atoms with van der Waals surface area (Å²) >= 11 is 0. The van der Waals surface area contributed by atoms with E-state index >= 15 is 0 Å². The molecule has 4 aliphatic rings. The van der Waals surface area contributed by atoms with Crippen molar-refractivity contribution in [2.75, 3.05) is 26.9 Å². The molecule has 4 fully saturated rings. The standard InChI is InChI=1S/C28H42O7/c1-20(17-31-18-21-6-8-22(30-3)9-7-21)15-26(2)11-10-25(34-26)28-13-12-27(19-29,35-28)16-24(33-28)23-5-4-14-32-23/h6-9,20,23-25,29H,4-5,10-19H2,1-3H3/t20-,23+,24-,25-,26-,27-,28+/m1/s1. The van der Waals surface area contributed by atoms with Crippen molar-refractivity contribution in [2.24, 2.45) is 5.92 Å². The van der Waals surface area contributed by atoms with Crippen molar-refractivity contribution >= 4 is 0 Å². The van der Waals surface area contributed by atoms with Crippen molar-refractivity contribution in [2.45, 2.75) is 107 Å². The fourth-order valence-electron chi connectivity index (χ4n) is 6.60. The minimum Gasteiger partial charge on any atom is -0.497 e. The van der Waals surface area contributed by atoms with Crippen LogP contribution in [0.2, 0.25) is 0 Å². The number of methoxy groups -OCH3 is 1. The third-order valence-corrected chi connectivity index (χ3v) is 8.37. The molecule has 0 spiro atoms. The fourth-order valence-corrected chi connectivity index (χ4v) is 6.60. The van der Waals surface area contributed by atoms with Gasteiger partial charge in [-0.2, -0.15) is 0 Å². The summed E-state index contributed by atoms with van der Waals surface area (Å²) in [4.78, 5) is 0. The first-order valence-corrected chi connectivity index (χ1v) is 13.4. The molecule has 7 atom stereocenters. The molecule has 1 aromatic rings.